The van der Waals surface area contributed by atoms with Gasteiger partial charge in [0.1, 0.15) is 17.1 Å². The van der Waals surface area contributed by atoms with Gasteiger partial charge in [-0.1, -0.05) is 27.7 Å². The van der Waals surface area contributed by atoms with E-state index < -0.39 is 5.97 Å². The third kappa shape index (κ3) is 6.64. The summed E-state index contributed by atoms with van der Waals surface area (Å²) in [6, 6.07) is 4.78. The predicted molar refractivity (Wildman–Crippen MR) is 96.1 cm³/mol. The number of ether oxygens (including phenoxy) is 3. The van der Waals surface area contributed by atoms with Crippen LogP contribution in [0.1, 0.15) is 38.1 Å². The molecule has 0 saturated heterocycles. The summed E-state index contributed by atoms with van der Waals surface area (Å²) in [5, 5.41) is 0. The third-order valence-electron chi connectivity index (χ3n) is 3.47. The SMILES string of the molecule is COC(=O)c1ccc(OC)cc1OCC(=O)N(CC(C)C)CC(C)C. The summed E-state index contributed by atoms with van der Waals surface area (Å²) in [7, 11) is 2.82. The van der Waals surface area contributed by atoms with Crippen LogP contribution in [0.4, 0.5) is 0 Å². The highest BCUT2D eigenvalue weighted by molar-refractivity contribution is 5.92. The molecule has 0 atom stereocenters. The molecule has 0 aromatic heterocycles. The van der Waals surface area contributed by atoms with Crippen LogP contribution in [0.25, 0.3) is 0 Å². The summed E-state index contributed by atoms with van der Waals surface area (Å²) >= 11 is 0. The lowest BCUT2D eigenvalue weighted by Crippen LogP contribution is -2.39. The van der Waals surface area contributed by atoms with Gasteiger partial charge in [-0.2, -0.15) is 0 Å². The second kappa shape index (κ2) is 9.91. The Bertz CT molecular complexity index is 573. The van der Waals surface area contributed by atoms with E-state index in [0.717, 1.165) is 0 Å². The zero-order valence-electron chi connectivity index (χ0n) is 16.0. The normalized spacial score (nSPS) is 10.7. The highest BCUT2D eigenvalue weighted by Crippen LogP contribution is 2.25. The first-order valence-corrected chi connectivity index (χ1v) is 8.45. The fourth-order valence-corrected chi connectivity index (χ4v) is 2.42. The number of hydrogen-bond acceptors (Lipinski definition) is 5. The molecular formula is C19H29NO5. The lowest BCUT2D eigenvalue weighted by molar-refractivity contribution is -0.134. The molecular weight excluding hydrogens is 322 g/mol. The summed E-state index contributed by atoms with van der Waals surface area (Å²) < 4.78 is 15.5. The summed E-state index contributed by atoms with van der Waals surface area (Å²) in [5.74, 6) is 0.910. The van der Waals surface area contributed by atoms with Gasteiger partial charge in [0, 0.05) is 19.2 Å². The van der Waals surface area contributed by atoms with Gasteiger partial charge in [-0.05, 0) is 24.0 Å². The van der Waals surface area contributed by atoms with Gasteiger partial charge in [0.05, 0.1) is 14.2 Å². The quantitative estimate of drug-likeness (QED) is 0.640. The van der Waals surface area contributed by atoms with Crippen LogP contribution in [-0.4, -0.2) is 50.7 Å². The number of nitrogens with zero attached hydrogens (tertiary/aromatic N) is 1. The maximum Gasteiger partial charge on any atom is 0.341 e. The number of carbonyl (C=O) groups excluding carboxylic acids is 2. The van der Waals surface area contributed by atoms with E-state index >= 15 is 0 Å². The van der Waals surface area contributed by atoms with E-state index in [4.69, 9.17) is 14.2 Å². The molecule has 0 radical (unpaired) electrons. The number of amides is 1. The Morgan fingerprint density at radius 1 is 1.04 bits per heavy atom. The van der Waals surface area contributed by atoms with Gasteiger partial charge in [-0.25, -0.2) is 4.79 Å². The van der Waals surface area contributed by atoms with Gasteiger partial charge < -0.3 is 19.1 Å². The Balaban J connectivity index is 2.89. The van der Waals surface area contributed by atoms with Crippen molar-refractivity contribution in [2.75, 3.05) is 33.9 Å². The van der Waals surface area contributed by atoms with Crippen molar-refractivity contribution in [2.45, 2.75) is 27.7 Å². The van der Waals surface area contributed by atoms with Crippen LogP contribution in [0.3, 0.4) is 0 Å². The molecule has 140 valence electrons. The number of rotatable bonds is 9. The second-order valence-electron chi connectivity index (χ2n) is 6.73. The van der Waals surface area contributed by atoms with Crippen LogP contribution < -0.4 is 9.47 Å². The molecule has 0 saturated carbocycles. The smallest absolute Gasteiger partial charge is 0.341 e. The van der Waals surface area contributed by atoms with Crippen molar-refractivity contribution in [3.05, 3.63) is 23.8 Å². The maximum absolute atomic E-state index is 12.5. The molecule has 0 N–H and O–H groups in total. The molecule has 1 aromatic carbocycles. The van der Waals surface area contributed by atoms with E-state index in [9.17, 15) is 9.59 Å². The van der Waals surface area contributed by atoms with E-state index in [1.54, 1.807) is 23.1 Å². The Hall–Kier alpha value is -2.24. The largest absolute Gasteiger partial charge is 0.497 e. The molecule has 0 spiro atoms. The number of methoxy groups -OCH3 is 2. The van der Waals surface area contributed by atoms with Gasteiger partial charge in [0.15, 0.2) is 6.61 Å². The number of carbonyl (C=O) groups is 2. The van der Waals surface area contributed by atoms with E-state index in [1.807, 2.05) is 0 Å². The summed E-state index contributed by atoms with van der Waals surface area (Å²) in [6.45, 7) is 9.47. The topological polar surface area (TPSA) is 65.1 Å². The zero-order chi connectivity index (χ0) is 19.0. The molecule has 6 heteroatoms. The van der Waals surface area contributed by atoms with Gasteiger partial charge >= 0.3 is 5.97 Å². The molecule has 0 bridgehead atoms. The van der Waals surface area contributed by atoms with E-state index in [2.05, 4.69) is 27.7 Å². The zero-order valence-corrected chi connectivity index (χ0v) is 16.0. The van der Waals surface area contributed by atoms with E-state index in [1.165, 1.54) is 14.2 Å². The molecule has 25 heavy (non-hydrogen) atoms. The van der Waals surface area contributed by atoms with Crippen LogP contribution >= 0.6 is 0 Å². The van der Waals surface area contributed by atoms with E-state index in [0.29, 0.717) is 30.7 Å². The first-order chi connectivity index (χ1) is 11.8. The predicted octanol–water partition coefficient (Wildman–Crippen LogP) is 3.00. The Labute approximate surface area is 150 Å². The van der Waals surface area contributed by atoms with Crippen LogP contribution in [-0.2, 0) is 9.53 Å². The minimum absolute atomic E-state index is 0.110. The van der Waals surface area contributed by atoms with Crippen molar-refractivity contribution in [1.82, 2.24) is 4.90 Å². The van der Waals surface area contributed by atoms with Crippen LogP contribution in [0.2, 0.25) is 0 Å². The maximum atomic E-state index is 12.5. The second-order valence-corrected chi connectivity index (χ2v) is 6.73. The standard InChI is InChI=1S/C19H29NO5/c1-13(2)10-20(11-14(3)4)18(21)12-25-17-9-15(23-5)7-8-16(17)19(22)24-6/h7-9,13-14H,10-12H2,1-6H3. The molecule has 1 amide bonds. The summed E-state index contributed by atoms with van der Waals surface area (Å²) in [5.41, 5.74) is 0.260. The van der Waals surface area contributed by atoms with Gasteiger partial charge in [0.2, 0.25) is 0 Å². The summed E-state index contributed by atoms with van der Waals surface area (Å²) in [6.07, 6.45) is 0. The fraction of sp³-hybridized carbons (Fsp3) is 0.579. The lowest BCUT2D eigenvalue weighted by Gasteiger charge is -2.26. The molecule has 0 unspecified atom stereocenters. The molecule has 6 nitrogen and oxygen atoms in total. The van der Waals surface area contributed by atoms with Crippen molar-refractivity contribution in [1.29, 1.82) is 0 Å². The first kappa shape index (κ1) is 20.8. The number of esters is 1. The van der Waals surface area contributed by atoms with Crippen molar-refractivity contribution >= 4 is 11.9 Å². The average Bonchev–Trinajstić information content (AvgIpc) is 2.57. The van der Waals surface area contributed by atoms with Gasteiger partial charge in [-0.15, -0.1) is 0 Å². The van der Waals surface area contributed by atoms with Crippen LogP contribution in [0, 0.1) is 11.8 Å². The average molecular weight is 351 g/mol. The van der Waals surface area contributed by atoms with Gasteiger partial charge in [0.25, 0.3) is 5.91 Å². The lowest BCUT2D eigenvalue weighted by atomic mass is 10.1. The van der Waals surface area contributed by atoms with Crippen molar-refractivity contribution < 1.29 is 23.8 Å². The first-order valence-electron chi connectivity index (χ1n) is 8.45. The third-order valence-corrected chi connectivity index (χ3v) is 3.47. The van der Waals surface area contributed by atoms with Crippen molar-refractivity contribution in [3.8, 4) is 11.5 Å². The Kier molecular flexibility index (Phi) is 8.25. The Morgan fingerprint density at radius 3 is 2.12 bits per heavy atom. The monoisotopic (exact) mass is 351 g/mol. The molecule has 0 aliphatic carbocycles. The molecule has 1 aromatic rings. The number of benzene rings is 1. The minimum Gasteiger partial charge on any atom is -0.497 e. The fourth-order valence-electron chi connectivity index (χ4n) is 2.42. The molecule has 0 heterocycles. The minimum atomic E-state index is -0.522. The molecule has 1 rings (SSSR count). The number of hydrogen-bond donors (Lipinski definition) is 0. The summed E-state index contributed by atoms with van der Waals surface area (Å²) in [4.78, 5) is 26.2. The van der Waals surface area contributed by atoms with Crippen LogP contribution in [0.5, 0.6) is 11.5 Å². The van der Waals surface area contributed by atoms with Crippen molar-refractivity contribution in [3.63, 3.8) is 0 Å². The highest BCUT2D eigenvalue weighted by atomic mass is 16.5. The van der Waals surface area contributed by atoms with E-state index in [-0.39, 0.29) is 23.8 Å². The molecule has 0 fully saturated rings. The van der Waals surface area contributed by atoms with Crippen molar-refractivity contribution in [2.24, 2.45) is 11.8 Å². The van der Waals surface area contributed by atoms with Gasteiger partial charge in [-0.3, -0.25) is 4.79 Å². The van der Waals surface area contributed by atoms with Crippen LogP contribution in [0.15, 0.2) is 18.2 Å². The molecule has 0 aliphatic rings. The highest BCUT2D eigenvalue weighted by Gasteiger charge is 2.19. The molecule has 0 aliphatic heterocycles. The Morgan fingerprint density at radius 2 is 1.64 bits per heavy atom.